The van der Waals surface area contributed by atoms with Crippen LogP contribution >= 0.6 is 0 Å². The zero-order valence-electron chi connectivity index (χ0n) is 20.4. The minimum absolute atomic E-state index is 0.0285. The van der Waals surface area contributed by atoms with Gasteiger partial charge < -0.3 is 10.2 Å². The van der Waals surface area contributed by atoms with Crippen LogP contribution in [0.3, 0.4) is 0 Å². The molecule has 2 aromatic carbocycles. The average Bonchev–Trinajstić information content (AvgIpc) is 3.38. The van der Waals surface area contributed by atoms with Crippen LogP contribution in [0.5, 0.6) is 0 Å². The molecule has 0 radical (unpaired) electrons. The van der Waals surface area contributed by atoms with Crippen molar-refractivity contribution in [3.8, 4) is 17.3 Å². The number of hydrogen-bond acceptors (Lipinski definition) is 7. The molecular weight excluding hydrogens is 519 g/mol. The third-order valence-corrected chi connectivity index (χ3v) is 7.32. The van der Waals surface area contributed by atoms with Crippen LogP contribution in [0.25, 0.3) is 11.3 Å². The van der Waals surface area contributed by atoms with Crippen molar-refractivity contribution < 1.29 is 26.4 Å². The van der Waals surface area contributed by atoms with E-state index in [1.54, 1.807) is 29.2 Å². The topological polar surface area (TPSA) is 116 Å². The predicted octanol–water partition coefficient (Wildman–Crippen LogP) is 3.77. The fraction of sp³-hybridized carbons (Fsp3) is 0.308. The molecule has 1 aliphatic rings. The first-order valence-electron chi connectivity index (χ1n) is 11.8. The molecule has 0 aliphatic carbocycles. The van der Waals surface area contributed by atoms with Gasteiger partial charge in [0.1, 0.15) is 11.9 Å². The van der Waals surface area contributed by atoms with Crippen LogP contribution in [0, 0.1) is 11.3 Å². The second kappa shape index (κ2) is 10.8. The smallest absolute Gasteiger partial charge is 0.354 e. The van der Waals surface area contributed by atoms with Gasteiger partial charge in [-0.3, -0.25) is 4.79 Å². The quantitative estimate of drug-likeness (QED) is 0.482. The van der Waals surface area contributed by atoms with Crippen molar-refractivity contribution in [3.05, 3.63) is 71.5 Å². The van der Waals surface area contributed by atoms with E-state index in [0.717, 1.165) is 11.8 Å². The van der Waals surface area contributed by atoms with Crippen LogP contribution in [-0.4, -0.2) is 49.7 Å². The maximum Gasteiger partial charge on any atom is 0.451 e. The molecule has 2 heterocycles. The fourth-order valence-corrected chi connectivity index (χ4v) is 4.87. The molecule has 38 heavy (non-hydrogen) atoms. The van der Waals surface area contributed by atoms with Crippen LogP contribution < -0.4 is 10.2 Å². The molecule has 1 aliphatic heterocycles. The third-order valence-electron chi connectivity index (χ3n) is 6.19. The number of benzene rings is 2. The van der Waals surface area contributed by atoms with Crippen molar-refractivity contribution in [3.63, 3.8) is 0 Å². The van der Waals surface area contributed by atoms with E-state index in [1.165, 1.54) is 30.3 Å². The van der Waals surface area contributed by atoms with Gasteiger partial charge >= 0.3 is 6.18 Å². The molecule has 1 atom stereocenters. The largest absolute Gasteiger partial charge is 0.451 e. The van der Waals surface area contributed by atoms with E-state index in [-0.39, 0.29) is 27.9 Å². The number of halogens is 3. The summed E-state index contributed by atoms with van der Waals surface area (Å²) in [4.78, 5) is 21.9. The molecule has 3 aromatic rings. The Bertz CT molecular complexity index is 1470. The summed E-state index contributed by atoms with van der Waals surface area (Å²) in [6.45, 7) is 0.666. The number of amides is 1. The number of alkyl halides is 3. The average molecular weight is 544 g/mol. The standard InChI is InChI=1S/C26H24F3N5O3S/c1-38(36,37)20-10-8-19(9-11-20)21-15-23(33-25(32-21)26(27,28)29)34-14-2-3-22(34)24(35)31-13-12-17-4-6-18(16-30)7-5-17/h4-11,15,22H,2-3,12-14H2,1H3,(H,31,35). The van der Waals surface area contributed by atoms with Crippen LogP contribution in [0.4, 0.5) is 19.0 Å². The molecule has 8 nitrogen and oxygen atoms in total. The summed E-state index contributed by atoms with van der Waals surface area (Å²) in [6.07, 6.45) is -2.21. The van der Waals surface area contributed by atoms with E-state index in [0.29, 0.717) is 37.9 Å². The van der Waals surface area contributed by atoms with Crippen molar-refractivity contribution in [2.45, 2.75) is 36.4 Å². The number of nitriles is 1. The number of carbonyl (C=O) groups is 1. The molecule has 0 bridgehead atoms. The number of carbonyl (C=O) groups excluding carboxylic acids is 1. The zero-order chi connectivity index (χ0) is 27.5. The first kappa shape index (κ1) is 27.1. The lowest BCUT2D eigenvalue weighted by Crippen LogP contribution is -2.44. The lowest BCUT2D eigenvalue weighted by molar-refractivity contribution is -0.144. The second-order valence-corrected chi connectivity index (χ2v) is 10.9. The number of anilines is 1. The molecule has 198 valence electrons. The maximum atomic E-state index is 13.7. The highest BCUT2D eigenvalue weighted by molar-refractivity contribution is 7.90. The molecule has 1 saturated heterocycles. The monoisotopic (exact) mass is 543 g/mol. The first-order chi connectivity index (χ1) is 18.0. The number of nitrogens with one attached hydrogen (secondary N) is 1. The van der Waals surface area contributed by atoms with Gasteiger partial charge in [0.2, 0.25) is 11.7 Å². The van der Waals surface area contributed by atoms with E-state index in [4.69, 9.17) is 5.26 Å². The van der Waals surface area contributed by atoms with Gasteiger partial charge in [-0.1, -0.05) is 24.3 Å². The van der Waals surface area contributed by atoms with Crippen molar-refractivity contribution in [1.82, 2.24) is 15.3 Å². The first-order valence-corrected chi connectivity index (χ1v) is 13.6. The summed E-state index contributed by atoms with van der Waals surface area (Å²) < 4.78 is 64.5. The highest BCUT2D eigenvalue weighted by Gasteiger charge is 2.38. The summed E-state index contributed by atoms with van der Waals surface area (Å²) in [5.41, 5.74) is 1.72. The summed E-state index contributed by atoms with van der Waals surface area (Å²) in [7, 11) is -3.48. The molecule has 0 saturated carbocycles. The number of rotatable bonds is 7. The van der Waals surface area contributed by atoms with E-state index in [2.05, 4.69) is 15.3 Å². The van der Waals surface area contributed by atoms with Crippen molar-refractivity contribution >= 4 is 21.6 Å². The van der Waals surface area contributed by atoms with E-state index in [1.807, 2.05) is 6.07 Å². The van der Waals surface area contributed by atoms with Crippen LogP contribution in [0.1, 0.15) is 29.8 Å². The van der Waals surface area contributed by atoms with Crippen molar-refractivity contribution in [1.29, 1.82) is 5.26 Å². The number of nitrogens with zero attached hydrogens (tertiary/aromatic N) is 4. The highest BCUT2D eigenvalue weighted by Crippen LogP contribution is 2.33. The minimum Gasteiger partial charge on any atom is -0.354 e. The molecule has 1 aromatic heterocycles. The van der Waals surface area contributed by atoms with Gasteiger partial charge in [0.05, 0.1) is 22.2 Å². The number of sulfone groups is 1. The fourth-order valence-electron chi connectivity index (χ4n) is 4.24. The normalized spacial score (nSPS) is 15.8. The Morgan fingerprint density at radius 3 is 2.42 bits per heavy atom. The molecule has 12 heteroatoms. The lowest BCUT2D eigenvalue weighted by atomic mass is 10.1. The van der Waals surface area contributed by atoms with Gasteiger partial charge in [0.15, 0.2) is 9.84 Å². The van der Waals surface area contributed by atoms with Gasteiger partial charge in [-0.2, -0.15) is 18.4 Å². The molecule has 1 unspecified atom stereocenters. The lowest BCUT2D eigenvalue weighted by Gasteiger charge is -2.26. The van der Waals surface area contributed by atoms with E-state index < -0.39 is 27.9 Å². The molecule has 4 rings (SSSR count). The molecule has 1 fully saturated rings. The maximum absolute atomic E-state index is 13.7. The van der Waals surface area contributed by atoms with E-state index in [9.17, 15) is 26.4 Å². The number of aromatic nitrogens is 2. The molecule has 0 spiro atoms. The van der Waals surface area contributed by atoms with Gasteiger partial charge in [0.25, 0.3) is 0 Å². The summed E-state index contributed by atoms with van der Waals surface area (Å²) >= 11 is 0. The van der Waals surface area contributed by atoms with Crippen molar-refractivity contribution in [2.75, 3.05) is 24.2 Å². The second-order valence-electron chi connectivity index (χ2n) is 8.93. The highest BCUT2D eigenvalue weighted by atomic mass is 32.2. The summed E-state index contributed by atoms with van der Waals surface area (Å²) in [5.74, 6) is -1.69. The Morgan fingerprint density at radius 1 is 1.13 bits per heavy atom. The van der Waals surface area contributed by atoms with Crippen LogP contribution in [-0.2, 0) is 27.2 Å². The SMILES string of the molecule is CS(=O)(=O)c1ccc(-c2cc(N3CCCC3C(=O)NCCc3ccc(C#N)cc3)nc(C(F)(F)F)n2)cc1. The van der Waals surface area contributed by atoms with Gasteiger partial charge in [-0.15, -0.1) is 0 Å². The summed E-state index contributed by atoms with van der Waals surface area (Å²) in [5, 5.41) is 11.7. The molecule has 1 N–H and O–H groups in total. The van der Waals surface area contributed by atoms with Crippen molar-refractivity contribution in [2.24, 2.45) is 0 Å². The zero-order valence-corrected chi connectivity index (χ0v) is 21.2. The Balaban J connectivity index is 1.55. The van der Waals surface area contributed by atoms with Crippen LogP contribution in [0.15, 0.2) is 59.5 Å². The van der Waals surface area contributed by atoms with Crippen LogP contribution in [0.2, 0.25) is 0 Å². The molecule has 1 amide bonds. The van der Waals surface area contributed by atoms with Gasteiger partial charge in [-0.25, -0.2) is 18.4 Å². The number of hydrogen-bond donors (Lipinski definition) is 1. The third kappa shape index (κ3) is 6.28. The summed E-state index contributed by atoms with van der Waals surface area (Å²) in [6, 6.07) is 15.1. The Morgan fingerprint density at radius 2 is 1.82 bits per heavy atom. The predicted molar refractivity (Wildman–Crippen MR) is 134 cm³/mol. The Kier molecular flexibility index (Phi) is 7.68. The van der Waals surface area contributed by atoms with Gasteiger partial charge in [0, 0.05) is 31.0 Å². The Hall–Kier alpha value is -3.98. The Labute approximate surface area is 218 Å². The minimum atomic E-state index is -4.82. The van der Waals surface area contributed by atoms with E-state index >= 15 is 0 Å². The molecular formula is C26H24F3N5O3S. The van der Waals surface area contributed by atoms with Gasteiger partial charge in [-0.05, 0) is 49.1 Å².